The molecule has 3 nitrogen and oxygen atoms in total. The van der Waals surface area contributed by atoms with E-state index in [2.05, 4.69) is 13.8 Å². The second-order valence-corrected chi connectivity index (χ2v) is 6.59. The third-order valence-corrected chi connectivity index (χ3v) is 4.04. The zero-order chi connectivity index (χ0) is 15.5. The fourth-order valence-corrected chi connectivity index (χ4v) is 2.39. The molecule has 1 heterocycles. The Bertz CT molecular complexity index is 339. The second-order valence-electron chi connectivity index (χ2n) is 6.59. The summed E-state index contributed by atoms with van der Waals surface area (Å²) in [5, 5.41) is 9.11. The first-order valence-electron chi connectivity index (χ1n) is 7.51. The van der Waals surface area contributed by atoms with Gasteiger partial charge >= 0.3 is 0 Å². The van der Waals surface area contributed by atoms with Crippen molar-refractivity contribution in [2.24, 2.45) is 17.8 Å². The van der Waals surface area contributed by atoms with E-state index in [9.17, 15) is 4.39 Å². The van der Waals surface area contributed by atoms with Crippen LogP contribution in [0.1, 0.15) is 48.0 Å². The molecule has 1 N–H and O–H groups in total. The van der Waals surface area contributed by atoms with Crippen molar-refractivity contribution in [3.05, 3.63) is 11.9 Å². The van der Waals surface area contributed by atoms with Gasteiger partial charge in [0.2, 0.25) is 0 Å². The molecule has 0 aliphatic carbocycles. The molecule has 1 saturated heterocycles. The van der Waals surface area contributed by atoms with Crippen molar-refractivity contribution >= 4 is 0 Å². The van der Waals surface area contributed by atoms with Gasteiger partial charge in [-0.25, -0.2) is 4.39 Å². The second kappa shape index (κ2) is 7.01. The molecule has 0 amide bonds. The van der Waals surface area contributed by atoms with Crippen molar-refractivity contribution in [2.45, 2.75) is 66.0 Å². The molecule has 0 aromatic heterocycles. The largest absolute Gasteiger partial charge is 0.396 e. The first-order chi connectivity index (χ1) is 9.18. The van der Waals surface area contributed by atoms with Gasteiger partial charge in [0, 0.05) is 12.5 Å². The van der Waals surface area contributed by atoms with E-state index < -0.39 is 5.79 Å². The molecule has 0 radical (unpaired) electrons. The van der Waals surface area contributed by atoms with Crippen LogP contribution in [0, 0.1) is 17.8 Å². The van der Waals surface area contributed by atoms with Crippen LogP contribution in [0.3, 0.4) is 0 Å². The highest BCUT2D eigenvalue weighted by molar-refractivity contribution is 5.04. The van der Waals surface area contributed by atoms with E-state index >= 15 is 0 Å². The molecule has 1 fully saturated rings. The Labute approximate surface area is 122 Å². The number of aliphatic hydroxyl groups excluding tert-OH is 1. The SMILES string of the molecule is CC(C)[C@H](C)/C=C(/F)[C@@H](C)[C@H]1OC(C)(C)O[C@H]1CCO. The molecule has 0 aromatic rings. The minimum Gasteiger partial charge on any atom is -0.396 e. The Balaban J connectivity index is 2.80. The van der Waals surface area contributed by atoms with E-state index in [1.807, 2.05) is 27.7 Å². The Hall–Kier alpha value is -0.450. The van der Waals surface area contributed by atoms with Gasteiger partial charge in [-0.15, -0.1) is 0 Å². The van der Waals surface area contributed by atoms with Crippen LogP contribution in [-0.4, -0.2) is 29.7 Å². The van der Waals surface area contributed by atoms with Gasteiger partial charge in [-0.05, 0) is 38.2 Å². The third kappa shape index (κ3) is 4.54. The molecule has 4 heteroatoms. The molecule has 1 aliphatic rings. The lowest BCUT2D eigenvalue weighted by molar-refractivity contribution is -0.150. The quantitative estimate of drug-likeness (QED) is 0.810. The molecular weight excluding hydrogens is 259 g/mol. The number of hydrogen-bond donors (Lipinski definition) is 1. The van der Waals surface area contributed by atoms with E-state index in [1.165, 1.54) is 0 Å². The zero-order valence-corrected chi connectivity index (χ0v) is 13.5. The van der Waals surface area contributed by atoms with Crippen LogP contribution in [0.5, 0.6) is 0 Å². The van der Waals surface area contributed by atoms with Crippen LogP contribution >= 0.6 is 0 Å². The summed E-state index contributed by atoms with van der Waals surface area (Å²) in [6.45, 7) is 11.6. The zero-order valence-electron chi connectivity index (χ0n) is 13.5. The first kappa shape index (κ1) is 17.6. The maximum absolute atomic E-state index is 14.4. The molecule has 118 valence electrons. The summed E-state index contributed by atoms with van der Waals surface area (Å²) in [6.07, 6.45) is 1.53. The van der Waals surface area contributed by atoms with E-state index in [4.69, 9.17) is 14.6 Å². The van der Waals surface area contributed by atoms with Gasteiger partial charge < -0.3 is 14.6 Å². The fraction of sp³-hybridized carbons (Fsp3) is 0.875. The van der Waals surface area contributed by atoms with Crippen molar-refractivity contribution in [2.75, 3.05) is 6.61 Å². The van der Waals surface area contributed by atoms with Crippen LogP contribution in [0.2, 0.25) is 0 Å². The topological polar surface area (TPSA) is 38.7 Å². The normalized spacial score (nSPS) is 29.8. The van der Waals surface area contributed by atoms with Crippen molar-refractivity contribution < 1.29 is 19.0 Å². The van der Waals surface area contributed by atoms with Gasteiger partial charge in [0.05, 0.1) is 12.2 Å². The van der Waals surface area contributed by atoms with E-state index in [0.717, 1.165) is 0 Å². The van der Waals surface area contributed by atoms with Crippen LogP contribution in [0.15, 0.2) is 11.9 Å². The molecular formula is C16H29FO3. The highest BCUT2D eigenvalue weighted by Crippen LogP contribution is 2.36. The maximum Gasteiger partial charge on any atom is 0.163 e. The summed E-state index contributed by atoms with van der Waals surface area (Å²) >= 11 is 0. The van der Waals surface area contributed by atoms with Gasteiger partial charge in [0.15, 0.2) is 5.79 Å². The highest BCUT2D eigenvalue weighted by Gasteiger charge is 2.44. The molecule has 1 aliphatic heterocycles. The lowest BCUT2D eigenvalue weighted by Crippen LogP contribution is -2.31. The maximum atomic E-state index is 14.4. The Morgan fingerprint density at radius 1 is 1.25 bits per heavy atom. The third-order valence-electron chi connectivity index (χ3n) is 4.04. The number of aliphatic hydroxyl groups is 1. The van der Waals surface area contributed by atoms with E-state index in [-0.39, 0.29) is 36.5 Å². The predicted octanol–water partition coefficient (Wildman–Crippen LogP) is 3.67. The molecule has 0 unspecified atom stereocenters. The van der Waals surface area contributed by atoms with Crippen molar-refractivity contribution in [3.63, 3.8) is 0 Å². The summed E-state index contributed by atoms with van der Waals surface area (Å²) in [5.41, 5.74) is 0. The van der Waals surface area contributed by atoms with Crippen LogP contribution in [0.4, 0.5) is 4.39 Å². The van der Waals surface area contributed by atoms with Crippen LogP contribution < -0.4 is 0 Å². The minimum atomic E-state index is -0.720. The number of halogens is 1. The monoisotopic (exact) mass is 288 g/mol. The van der Waals surface area contributed by atoms with Gasteiger partial charge in [0.25, 0.3) is 0 Å². The highest BCUT2D eigenvalue weighted by atomic mass is 19.1. The minimum absolute atomic E-state index is 0.0149. The number of rotatable bonds is 6. The van der Waals surface area contributed by atoms with E-state index in [1.54, 1.807) is 6.08 Å². The summed E-state index contributed by atoms with van der Waals surface area (Å²) in [4.78, 5) is 0. The molecule has 1 rings (SSSR count). The average molecular weight is 288 g/mol. The standard InChI is InChI=1S/C16H29FO3/c1-10(2)11(3)9-13(17)12(4)15-14(7-8-18)19-16(5,6)20-15/h9-12,14-15,18H,7-8H2,1-6H3/b13-9+/t11-,12-,14+,15-/m1/s1. The number of hydrogen-bond acceptors (Lipinski definition) is 3. The molecule has 0 spiro atoms. The van der Waals surface area contributed by atoms with Crippen LogP contribution in [0.25, 0.3) is 0 Å². The Kier molecular flexibility index (Phi) is 6.17. The molecule has 0 saturated carbocycles. The summed E-state index contributed by atoms with van der Waals surface area (Å²) in [5.74, 6) is -0.652. The van der Waals surface area contributed by atoms with Crippen molar-refractivity contribution in [1.82, 2.24) is 0 Å². The predicted molar refractivity (Wildman–Crippen MR) is 77.9 cm³/mol. The molecule has 0 aromatic carbocycles. The molecule has 0 bridgehead atoms. The van der Waals surface area contributed by atoms with Gasteiger partial charge in [-0.3, -0.25) is 0 Å². The summed E-state index contributed by atoms with van der Waals surface area (Å²) in [6, 6.07) is 0. The van der Waals surface area contributed by atoms with Crippen molar-refractivity contribution in [1.29, 1.82) is 0 Å². The van der Waals surface area contributed by atoms with Gasteiger partial charge in [0.1, 0.15) is 5.83 Å². The summed E-state index contributed by atoms with van der Waals surface area (Å²) in [7, 11) is 0. The molecule has 20 heavy (non-hydrogen) atoms. The summed E-state index contributed by atoms with van der Waals surface area (Å²) < 4.78 is 26.0. The van der Waals surface area contributed by atoms with Crippen LogP contribution in [-0.2, 0) is 9.47 Å². The van der Waals surface area contributed by atoms with Gasteiger partial charge in [-0.2, -0.15) is 0 Å². The lowest BCUT2D eigenvalue weighted by Gasteiger charge is -2.23. The fourth-order valence-electron chi connectivity index (χ4n) is 2.39. The Morgan fingerprint density at radius 2 is 1.85 bits per heavy atom. The number of allylic oxidation sites excluding steroid dienone is 1. The van der Waals surface area contributed by atoms with Crippen molar-refractivity contribution in [3.8, 4) is 0 Å². The average Bonchev–Trinajstić information content (AvgIpc) is 2.63. The smallest absolute Gasteiger partial charge is 0.163 e. The van der Waals surface area contributed by atoms with Gasteiger partial charge in [-0.1, -0.05) is 27.7 Å². The first-order valence-corrected chi connectivity index (χ1v) is 7.51. The molecule has 4 atom stereocenters. The van der Waals surface area contributed by atoms with E-state index in [0.29, 0.717) is 12.3 Å². The Morgan fingerprint density at radius 3 is 2.35 bits per heavy atom. The number of ether oxygens (including phenoxy) is 2. The lowest BCUT2D eigenvalue weighted by atomic mass is 9.92.